The molecule has 0 aromatic heterocycles. The Balaban J connectivity index is 2.20. The molecular formula is C16H17FN2O2. The van der Waals surface area contributed by atoms with Gasteiger partial charge in [0.15, 0.2) is 0 Å². The van der Waals surface area contributed by atoms with Crippen molar-refractivity contribution < 1.29 is 13.9 Å². The Labute approximate surface area is 122 Å². The highest BCUT2D eigenvalue weighted by atomic mass is 19.1. The Morgan fingerprint density at radius 1 is 1.29 bits per heavy atom. The highest BCUT2D eigenvalue weighted by molar-refractivity contribution is 6.05. The van der Waals surface area contributed by atoms with Crippen LogP contribution in [0.5, 0.6) is 5.75 Å². The Hall–Kier alpha value is -2.40. The molecule has 0 saturated heterocycles. The first-order chi connectivity index (χ1) is 10.1. The number of carbonyl (C=O) groups excluding carboxylic acids is 1. The van der Waals surface area contributed by atoms with Crippen LogP contribution in [0.1, 0.15) is 15.9 Å². The second-order valence-electron chi connectivity index (χ2n) is 4.54. The van der Waals surface area contributed by atoms with E-state index in [1.54, 1.807) is 12.1 Å². The van der Waals surface area contributed by atoms with Gasteiger partial charge < -0.3 is 15.8 Å². The highest BCUT2D eigenvalue weighted by Gasteiger charge is 2.11. The molecule has 110 valence electrons. The van der Waals surface area contributed by atoms with Crippen molar-refractivity contribution in [2.24, 2.45) is 5.73 Å². The average molecular weight is 288 g/mol. The minimum Gasteiger partial charge on any atom is -0.494 e. The van der Waals surface area contributed by atoms with Crippen molar-refractivity contribution in [2.45, 2.75) is 6.42 Å². The summed E-state index contributed by atoms with van der Waals surface area (Å²) in [4.78, 5) is 12.2. The van der Waals surface area contributed by atoms with Crippen molar-refractivity contribution in [1.82, 2.24) is 0 Å². The topological polar surface area (TPSA) is 64.3 Å². The molecule has 0 heterocycles. The molecule has 1 amide bonds. The fourth-order valence-electron chi connectivity index (χ4n) is 2.00. The van der Waals surface area contributed by atoms with Gasteiger partial charge in [0.25, 0.3) is 5.91 Å². The van der Waals surface area contributed by atoms with Crippen molar-refractivity contribution in [3.8, 4) is 5.75 Å². The average Bonchev–Trinajstić information content (AvgIpc) is 2.49. The molecule has 0 radical (unpaired) electrons. The molecule has 0 unspecified atom stereocenters. The van der Waals surface area contributed by atoms with Gasteiger partial charge in [-0.3, -0.25) is 4.79 Å². The molecule has 2 aromatic carbocycles. The van der Waals surface area contributed by atoms with Gasteiger partial charge in [-0.15, -0.1) is 0 Å². The molecule has 0 aliphatic carbocycles. The van der Waals surface area contributed by atoms with Gasteiger partial charge >= 0.3 is 0 Å². The van der Waals surface area contributed by atoms with Gasteiger partial charge in [0.05, 0.1) is 12.8 Å². The Morgan fingerprint density at radius 3 is 2.81 bits per heavy atom. The number of amides is 1. The Bertz CT molecular complexity index is 644. The lowest BCUT2D eigenvalue weighted by atomic mass is 10.1. The van der Waals surface area contributed by atoms with Crippen molar-refractivity contribution >= 4 is 11.6 Å². The maximum Gasteiger partial charge on any atom is 0.255 e. The van der Waals surface area contributed by atoms with E-state index in [9.17, 15) is 9.18 Å². The summed E-state index contributed by atoms with van der Waals surface area (Å²) in [6.07, 6.45) is 0.709. The van der Waals surface area contributed by atoms with E-state index < -0.39 is 5.82 Å². The maximum absolute atomic E-state index is 13.1. The van der Waals surface area contributed by atoms with E-state index >= 15 is 0 Å². The van der Waals surface area contributed by atoms with Crippen molar-refractivity contribution in [3.05, 3.63) is 59.4 Å². The summed E-state index contributed by atoms with van der Waals surface area (Å²) in [5.41, 5.74) is 7.45. The van der Waals surface area contributed by atoms with Crippen LogP contribution in [-0.4, -0.2) is 19.6 Å². The van der Waals surface area contributed by atoms with Gasteiger partial charge in [-0.05, 0) is 42.8 Å². The minimum atomic E-state index is -0.421. The number of nitrogens with one attached hydrogen (secondary N) is 1. The summed E-state index contributed by atoms with van der Waals surface area (Å²) in [7, 11) is 1.42. The molecule has 0 atom stereocenters. The normalized spacial score (nSPS) is 10.2. The summed E-state index contributed by atoms with van der Waals surface area (Å²) in [6.45, 7) is 0.525. The van der Waals surface area contributed by atoms with Crippen LogP contribution in [0.3, 0.4) is 0 Å². The lowest BCUT2D eigenvalue weighted by Crippen LogP contribution is -2.13. The minimum absolute atomic E-state index is 0.279. The lowest BCUT2D eigenvalue weighted by molar-refractivity contribution is 0.102. The predicted molar refractivity (Wildman–Crippen MR) is 80.1 cm³/mol. The van der Waals surface area contributed by atoms with E-state index in [1.165, 1.54) is 25.3 Å². The standard InChI is InChI=1S/C16H17FN2O2/c1-21-15-10-13(17)5-6-14(15)19-16(20)12-4-2-3-11(9-12)7-8-18/h2-6,9-10H,7-8,18H2,1H3,(H,19,20). The molecule has 3 N–H and O–H groups in total. The van der Waals surface area contributed by atoms with Gasteiger partial charge in [0.1, 0.15) is 11.6 Å². The van der Waals surface area contributed by atoms with Crippen LogP contribution in [-0.2, 0) is 6.42 Å². The molecule has 5 heteroatoms. The molecule has 2 aromatic rings. The molecule has 0 fully saturated rings. The third-order valence-electron chi connectivity index (χ3n) is 3.03. The van der Waals surface area contributed by atoms with Gasteiger partial charge in [-0.2, -0.15) is 0 Å². The first-order valence-corrected chi connectivity index (χ1v) is 6.58. The van der Waals surface area contributed by atoms with Crippen LogP contribution in [0.15, 0.2) is 42.5 Å². The zero-order valence-corrected chi connectivity index (χ0v) is 11.7. The quantitative estimate of drug-likeness (QED) is 0.888. The van der Waals surface area contributed by atoms with Gasteiger partial charge in [-0.25, -0.2) is 4.39 Å². The number of nitrogens with two attached hydrogens (primary N) is 1. The number of methoxy groups -OCH3 is 1. The second kappa shape index (κ2) is 6.85. The number of ether oxygens (including phenoxy) is 1. The second-order valence-corrected chi connectivity index (χ2v) is 4.54. The van der Waals surface area contributed by atoms with E-state index in [2.05, 4.69) is 5.32 Å². The smallest absolute Gasteiger partial charge is 0.255 e. The number of hydrogen-bond donors (Lipinski definition) is 2. The van der Waals surface area contributed by atoms with Crippen molar-refractivity contribution in [2.75, 3.05) is 19.0 Å². The molecule has 0 spiro atoms. The molecule has 0 aliphatic rings. The fraction of sp³-hybridized carbons (Fsp3) is 0.188. The van der Waals surface area contributed by atoms with Crippen LogP contribution >= 0.6 is 0 Å². The molecule has 0 aliphatic heterocycles. The van der Waals surface area contributed by atoms with E-state index in [0.717, 1.165) is 5.56 Å². The lowest BCUT2D eigenvalue weighted by Gasteiger charge is -2.10. The van der Waals surface area contributed by atoms with Gasteiger partial charge in [0, 0.05) is 11.6 Å². The summed E-state index contributed by atoms with van der Waals surface area (Å²) >= 11 is 0. The zero-order valence-electron chi connectivity index (χ0n) is 11.7. The number of benzene rings is 2. The number of carbonyl (C=O) groups is 1. The molecule has 2 rings (SSSR count). The Kier molecular flexibility index (Phi) is 4.90. The number of anilines is 1. The maximum atomic E-state index is 13.1. The zero-order chi connectivity index (χ0) is 15.2. The third-order valence-corrected chi connectivity index (χ3v) is 3.03. The summed E-state index contributed by atoms with van der Waals surface area (Å²) in [5.74, 6) is -0.421. The van der Waals surface area contributed by atoms with E-state index in [1.807, 2.05) is 12.1 Å². The monoisotopic (exact) mass is 288 g/mol. The van der Waals surface area contributed by atoms with E-state index in [0.29, 0.717) is 24.2 Å². The molecule has 4 nitrogen and oxygen atoms in total. The summed E-state index contributed by atoms with van der Waals surface area (Å²) < 4.78 is 18.2. The van der Waals surface area contributed by atoms with Gasteiger partial charge in [0.2, 0.25) is 0 Å². The van der Waals surface area contributed by atoms with Crippen LogP contribution in [0.25, 0.3) is 0 Å². The predicted octanol–water partition coefficient (Wildman–Crippen LogP) is 2.59. The van der Waals surface area contributed by atoms with Crippen LogP contribution in [0, 0.1) is 5.82 Å². The first kappa shape index (κ1) is 15.0. The van der Waals surface area contributed by atoms with Crippen LogP contribution < -0.4 is 15.8 Å². The summed E-state index contributed by atoms with van der Waals surface area (Å²) in [5, 5.41) is 2.71. The van der Waals surface area contributed by atoms with Crippen LogP contribution in [0.4, 0.5) is 10.1 Å². The molecule has 0 saturated carbocycles. The van der Waals surface area contributed by atoms with Crippen LogP contribution in [0.2, 0.25) is 0 Å². The fourth-order valence-corrected chi connectivity index (χ4v) is 2.00. The SMILES string of the molecule is COc1cc(F)ccc1NC(=O)c1cccc(CCN)c1. The number of rotatable bonds is 5. The highest BCUT2D eigenvalue weighted by Crippen LogP contribution is 2.25. The Morgan fingerprint density at radius 2 is 2.10 bits per heavy atom. The van der Waals surface area contributed by atoms with Gasteiger partial charge in [-0.1, -0.05) is 12.1 Å². The number of hydrogen-bond acceptors (Lipinski definition) is 3. The van der Waals surface area contributed by atoms with E-state index in [4.69, 9.17) is 10.5 Å². The molecule has 21 heavy (non-hydrogen) atoms. The molecule has 0 bridgehead atoms. The summed E-state index contributed by atoms with van der Waals surface area (Å²) in [6, 6.07) is 11.2. The number of halogens is 1. The first-order valence-electron chi connectivity index (χ1n) is 6.58. The third kappa shape index (κ3) is 3.79. The van der Waals surface area contributed by atoms with Crippen molar-refractivity contribution in [1.29, 1.82) is 0 Å². The largest absolute Gasteiger partial charge is 0.494 e. The van der Waals surface area contributed by atoms with E-state index in [-0.39, 0.29) is 11.7 Å². The van der Waals surface area contributed by atoms with Crippen molar-refractivity contribution in [3.63, 3.8) is 0 Å². The molecular weight excluding hydrogens is 271 g/mol.